The average Bonchev–Trinajstić information content (AvgIpc) is 2.48. The molecule has 0 aliphatic carbocycles. The van der Waals surface area contributed by atoms with Gasteiger partial charge in [-0.1, -0.05) is 30.3 Å². The van der Waals surface area contributed by atoms with E-state index >= 15 is 0 Å². The topological polar surface area (TPSA) is 58.9 Å². The standard InChI is InChI=1S/C16H12N2O2/c19-11-17-15-9-6-13(7-10-15)5-8-14-3-1-2-4-16(14)18-12-20/h1-4,6-7,9-10H,5,8H2. The van der Waals surface area contributed by atoms with Gasteiger partial charge in [0.1, 0.15) is 0 Å². The molecule has 0 aliphatic heterocycles. The van der Waals surface area contributed by atoms with Gasteiger partial charge in [-0.15, -0.1) is 0 Å². The molecule has 0 spiro atoms. The van der Waals surface area contributed by atoms with Crippen molar-refractivity contribution in [1.29, 1.82) is 0 Å². The molecule has 4 nitrogen and oxygen atoms in total. The van der Waals surface area contributed by atoms with E-state index in [-0.39, 0.29) is 0 Å². The average molecular weight is 264 g/mol. The molecule has 0 bridgehead atoms. The molecule has 20 heavy (non-hydrogen) atoms. The summed E-state index contributed by atoms with van der Waals surface area (Å²) < 4.78 is 0. The van der Waals surface area contributed by atoms with Crippen LogP contribution in [0.25, 0.3) is 0 Å². The molecule has 4 heteroatoms. The van der Waals surface area contributed by atoms with E-state index in [1.807, 2.05) is 30.3 Å². The van der Waals surface area contributed by atoms with Crippen molar-refractivity contribution in [2.75, 3.05) is 0 Å². The molecule has 0 aliphatic rings. The van der Waals surface area contributed by atoms with E-state index in [1.165, 1.54) is 6.08 Å². The molecule has 0 N–H and O–H groups in total. The second-order valence-electron chi connectivity index (χ2n) is 4.20. The Balaban J connectivity index is 2.08. The fourth-order valence-corrected chi connectivity index (χ4v) is 1.95. The third-order valence-electron chi connectivity index (χ3n) is 2.95. The Kier molecular flexibility index (Phi) is 4.74. The smallest absolute Gasteiger partial charge is 0.211 e. The van der Waals surface area contributed by atoms with Crippen LogP contribution in [0.5, 0.6) is 0 Å². The highest BCUT2D eigenvalue weighted by molar-refractivity contribution is 5.54. The first kappa shape index (κ1) is 13.6. The Morgan fingerprint density at radius 1 is 0.800 bits per heavy atom. The van der Waals surface area contributed by atoms with Crippen LogP contribution in [-0.2, 0) is 22.4 Å². The van der Waals surface area contributed by atoms with Crippen LogP contribution in [0.2, 0.25) is 0 Å². The molecule has 0 atom stereocenters. The first-order chi connectivity index (χ1) is 9.83. The second-order valence-corrected chi connectivity index (χ2v) is 4.20. The lowest BCUT2D eigenvalue weighted by molar-refractivity contribution is 0.564. The van der Waals surface area contributed by atoms with Crippen molar-refractivity contribution in [2.24, 2.45) is 9.98 Å². The molecule has 0 heterocycles. The zero-order valence-corrected chi connectivity index (χ0v) is 10.7. The van der Waals surface area contributed by atoms with Crippen LogP contribution in [0.1, 0.15) is 11.1 Å². The lowest BCUT2D eigenvalue weighted by Gasteiger charge is -2.04. The number of isocyanates is 2. The summed E-state index contributed by atoms with van der Waals surface area (Å²) >= 11 is 0. The predicted molar refractivity (Wildman–Crippen MR) is 75.9 cm³/mol. The van der Waals surface area contributed by atoms with Crippen LogP contribution >= 0.6 is 0 Å². The maximum absolute atomic E-state index is 10.4. The monoisotopic (exact) mass is 264 g/mol. The molecule has 2 rings (SSSR count). The van der Waals surface area contributed by atoms with Gasteiger partial charge in [-0.05, 0) is 42.2 Å². The van der Waals surface area contributed by atoms with E-state index in [4.69, 9.17) is 0 Å². The fraction of sp³-hybridized carbons (Fsp3) is 0.125. The summed E-state index contributed by atoms with van der Waals surface area (Å²) in [6, 6.07) is 14.9. The van der Waals surface area contributed by atoms with E-state index in [9.17, 15) is 9.59 Å². The van der Waals surface area contributed by atoms with Crippen LogP contribution < -0.4 is 0 Å². The molecule has 98 valence electrons. The van der Waals surface area contributed by atoms with Crippen LogP contribution in [0, 0.1) is 0 Å². The van der Waals surface area contributed by atoms with Crippen LogP contribution in [0.15, 0.2) is 58.5 Å². The molecule has 0 amide bonds. The van der Waals surface area contributed by atoms with Crippen molar-refractivity contribution in [3.8, 4) is 0 Å². The van der Waals surface area contributed by atoms with Gasteiger partial charge in [-0.3, -0.25) is 0 Å². The highest BCUT2D eigenvalue weighted by atomic mass is 16.1. The normalized spacial score (nSPS) is 9.40. The zero-order chi connectivity index (χ0) is 14.2. The fourth-order valence-electron chi connectivity index (χ4n) is 1.95. The number of rotatable bonds is 5. The summed E-state index contributed by atoms with van der Waals surface area (Å²) in [4.78, 5) is 27.7. The van der Waals surface area contributed by atoms with Crippen molar-refractivity contribution < 1.29 is 9.59 Å². The number of nitrogens with zero attached hydrogens (tertiary/aromatic N) is 2. The number of hydrogen-bond donors (Lipinski definition) is 0. The quantitative estimate of drug-likeness (QED) is 0.613. The predicted octanol–water partition coefficient (Wildman–Crippen LogP) is 3.41. The third-order valence-corrected chi connectivity index (χ3v) is 2.95. The minimum atomic E-state index is 0.592. The van der Waals surface area contributed by atoms with E-state index < -0.39 is 0 Å². The third kappa shape index (κ3) is 3.59. The Bertz CT molecular complexity index is 680. The number of para-hydroxylation sites is 1. The molecule has 0 fully saturated rings. The Labute approximate surface area is 116 Å². The molecule has 2 aromatic rings. The zero-order valence-electron chi connectivity index (χ0n) is 10.7. The molecule has 0 unspecified atom stereocenters. The van der Waals surface area contributed by atoms with Gasteiger partial charge < -0.3 is 0 Å². The molecule has 0 aromatic heterocycles. The largest absolute Gasteiger partial charge is 0.240 e. The molecule has 0 saturated heterocycles. The molecule has 0 saturated carbocycles. The van der Waals surface area contributed by atoms with Gasteiger partial charge in [0.2, 0.25) is 12.2 Å². The number of carbonyl (C=O) groups excluding carboxylic acids is 2. The Hall–Kier alpha value is -2.80. The van der Waals surface area contributed by atoms with Gasteiger partial charge in [-0.25, -0.2) is 9.59 Å². The van der Waals surface area contributed by atoms with E-state index in [1.54, 1.807) is 24.3 Å². The van der Waals surface area contributed by atoms with E-state index in [0.717, 1.165) is 24.0 Å². The van der Waals surface area contributed by atoms with Gasteiger partial charge in [0.15, 0.2) is 0 Å². The van der Waals surface area contributed by atoms with Crippen LogP contribution in [0.3, 0.4) is 0 Å². The summed E-state index contributed by atoms with van der Waals surface area (Å²) in [5.41, 5.74) is 3.38. The van der Waals surface area contributed by atoms with Crippen molar-refractivity contribution in [3.63, 3.8) is 0 Å². The lowest BCUT2D eigenvalue weighted by Crippen LogP contribution is -1.91. The summed E-state index contributed by atoms with van der Waals surface area (Å²) in [7, 11) is 0. The number of aliphatic imine (C=N–C) groups is 2. The van der Waals surface area contributed by atoms with Gasteiger partial charge >= 0.3 is 0 Å². The molecule has 0 radical (unpaired) electrons. The van der Waals surface area contributed by atoms with Gasteiger partial charge in [0.05, 0.1) is 11.4 Å². The minimum absolute atomic E-state index is 0.592. The molecular weight excluding hydrogens is 252 g/mol. The van der Waals surface area contributed by atoms with Crippen molar-refractivity contribution >= 4 is 23.5 Å². The number of aryl methyl sites for hydroxylation is 2. The number of hydrogen-bond acceptors (Lipinski definition) is 4. The van der Waals surface area contributed by atoms with Crippen molar-refractivity contribution in [2.45, 2.75) is 12.8 Å². The van der Waals surface area contributed by atoms with E-state index in [2.05, 4.69) is 9.98 Å². The maximum Gasteiger partial charge on any atom is 0.240 e. The summed E-state index contributed by atoms with van der Waals surface area (Å²) in [6.45, 7) is 0. The van der Waals surface area contributed by atoms with E-state index in [0.29, 0.717) is 11.4 Å². The minimum Gasteiger partial charge on any atom is -0.211 e. The highest BCUT2D eigenvalue weighted by Gasteiger charge is 2.01. The van der Waals surface area contributed by atoms with Crippen LogP contribution in [0.4, 0.5) is 11.4 Å². The molecule has 2 aromatic carbocycles. The summed E-state index contributed by atoms with van der Waals surface area (Å²) in [5, 5.41) is 0. The van der Waals surface area contributed by atoms with Crippen molar-refractivity contribution in [3.05, 3.63) is 59.7 Å². The van der Waals surface area contributed by atoms with Gasteiger partial charge in [0, 0.05) is 0 Å². The van der Waals surface area contributed by atoms with Gasteiger partial charge in [0.25, 0.3) is 0 Å². The SMILES string of the molecule is O=C=Nc1ccc(CCc2ccccc2N=C=O)cc1. The summed E-state index contributed by atoms with van der Waals surface area (Å²) in [6.07, 6.45) is 4.67. The molecular formula is C16H12N2O2. The van der Waals surface area contributed by atoms with Crippen LogP contribution in [-0.4, -0.2) is 12.2 Å². The first-order valence-electron chi connectivity index (χ1n) is 6.16. The second kappa shape index (κ2) is 6.95. The Morgan fingerprint density at radius 3 is 2.20 bits per heavy atom. The lowest BCUT2D eigenvalue weighted by atomic mass is 10.0. The highest BCUT2D eigenvalue weighted by Crippen LogP contribution is 2.20. The first-order valence-corrected chi connectivity index (χ1v) is 6.16. The maximum atomic E-state index is 10.4. The van der Waals surface area contributed by atoms with Gasteiger partial charge in [-0.2, -0.15) is 9.98 Å². The van der Waals surface area contributed by atoms with Crippen molar-refractivity contribution in [1.82, 2.24) is 0 Å². The Morgan fingerprint density at radius 2 is 1.50 bits per heavy atom. The summed E-state index contributed by atoms with van der Waals surface area (Å²) in [5.74, 6) is 0. The number of benzene rings is 2.